The number of nitrogens with two attached hydrogens (primary N) is 2. The molecule has 36 valence electrons. The van der Waals surface area contributed by atoms with E-state index in [1.165, 1.54) is 0 Å². The third-order valence-electron chi connectivity index (χ3n) is 0.207. The van der Waals surface area contributed by atoms with E-state index in [1.807, 2.05) is 0 Å². The van der Waals surface area contributed by atoms with Crippen molar-refractivity contribution in [2.45, 2.75) is 4.26 Å². The Kier molecular flexibility index (Phi) is 3.25. The van der Waals surface area contributed by atoms with E-state index in [2.05, 4.69) is 21.1 Å². The van der Waals surface area contributed by atoms with E-state index in [-0.39, 0.29) is 4.26 Å². The molecule has 0 fully saturated rings. The third-order valence-corrected chi connectivity index (χ3v) is 0.557. The first-order valence-electron chi connectivity index (χ1n) is 1.32. The molecule has 0 aliphatic heterocycles. The van der Waals surface area contributed by atoms with Crippen molar-refractivity contribution in [2.75, 3.05) is 6.54 Å². The molecule has 0 amide bonds. The number of hydrogen-bond donors (Lipinski definition) is 2. The van der Waals surface area contributed by atoms with E-state index in [1.54, 1.807) is 0 Å². The van der Waals surface area contributed by atoms with Crippen LogP contribution in [0.2, 0.25) is 0 Å². The Bertz CT molecular complexity index is 21.6. The van der Waals surface area contributed by atoms with E-state index in [4.69, 9.17) is 11.5 Å². The van der Waals surface area contributed by atoms with Crippen LogP contribution < -0.4 is 11.5 Å². The molecule has 0 spiro atoms. The van der Waals surface area contributed by atoms with Crippen molar-refractivity contribution in [1.29, 1.82) is 0 Å². The van der Waals surface area contributed by atoms with Gasteiger partial charge in [0.05, 0.1) is 0 Å². The second-order valence-electron chi connectivity index (χ2n) is 0.695. The maximum absolute atomic E-state index is 5.08. The summed E-state index contributed by atoms with van der Waals surface area (Å²) in [5.74, 6) is 0. The fourth-order valence-electron chi connectivity index (χ4n) is 0. The van der Waals surface area contributed by atoms with Gasteiger partial charge in [-0.2, -0.15) is 0 Å². The Morgan fingerprint density at radius 2 is 2.00 bits per heavy atom. The first-order valence-corrected chi connectivity index (χ1v) is 2.18. The number of rotatable bonds is 1. The Hall–Kier alpha value is 0.660. The van der Waals surface area contributed by atoms with Gasteiger partial charge in [-0.3, -0.25) is 0 Å². The summed E-state index contributed by atoms with van der Waals surface area (Å²) in [7, 11) is 0. The molecule has 4 N–H and O–H groups in total. The Morgan fingerprint density at radius 1 is 1.80 bits per heavy atom. The second-order valence-corrected chi connectivity index (χ2v) is 1.79. The average Bonchev–Trinajstić information content (AvgIpc) is 1.38. The van der Waals surface area contributed by atoms with Gasteiger partial charge in [-0.15, -0.1) is 0 Å². The van der Waals surface area contributed by atoms with Gasteiger partial charge in [0.25, 0.3) is 0 Å². The van der Waals surface area contributed by atoms with Crippen LogP contribution in [-0.2, 0) is 21.1 Å². The predicted octanol–water partition coefficient (Wildman–Crippen LogP) is -1.22. The minimum absolute atomic E-state index is 0.0280. The monoisotopic (exact) mass is 166 g/mol. The van der Waals surface area contributed by atoms with Crippen molar-refractivity contribution in [3.63, 3.8) is 0 Å². The summed E-state index contributed by atoms with van der Waals surface area (Å²) in [6.07, 6.45) is 0. The zero-order valence-corrected chi connectivity index (χ0v) is 4.22. The summed E-state index contributed by atoms with van der Waals surface area (Å²) in [6.45, 7) is 0.499. The van der Waals surface area contributed by atoms with Gasteiger partial charge in [0.15, 0.2) is 0 Å². The Labute approximate surface area is 43.8 Å². The van der Waals surface area contributed by atoms with Gasteiger partial charge >= 0.3 is 43.3 Å². The second kappa shape index (κ2) is 2.87. The quantitative estimate of drug-likeness (QED) is 0.480. The maximum atomic E-state index is 5.08. The summed E-state index contributed by atoms with van der Waals surface area (Å²) in [5.41, 5.74) is 10.1. The molecule has 0 aliphatic rings. The average molecular weight is 167 g/mol. The van der Waals surface area contributed by atoms with E-state index in [0.29, 0.717) is 6.54 Å². The van der Waals surface area contributed by atoms with Gasteiger partial charge in [0, 0.05) is 0 Å². The topological polar surface area (TPSA) is 52.0 Å². The molecule has 0 saturated heterocycles. The van der Waals surface area contributed by atoms with Crippen molar-refractivity contribution in [3.8, 4) is 0 Å². The fraction of sp³-hybridized carbons (Fsp3) is 1.00. The molecule has 0 rings (SSSR count). The zero-order valence-electron chi connectivity index (χ0n) is 2.74. The Balaban J connectivity index is 2.54. The molecule has 3 heteroatoms. The molecule has 0 bridgehead atoms. The first-order chi connectivity index (χ1) is 2.27. The molecule has 0 saturated carbocycles. The zero-order chi connectivity index (χ0) is 4.28. The van der Waals surface area contributed by atoms with Gasteiger partial charge < -0.3 is 0 Å². The van der Waals surface area contributed by atoms with Crippen LogP contribution in [0.25, 0.3) is 0 Å². The molecule has 0 radical (unpaired) electrons. The SMILES string of the molecule is NC[CH](N)[Ag]. The molecule has 0 aromatic rings. The van der Waals surface area contributed by atoms with E-state index in [9.17, 15) is 0 Å². The van der Waals surface area contributed by atoms with E-state index >= 15 is 0 Å². The molecule has 0 heterocycles. The van der Waals surface area contributed by atoms with Crippen molar-refractivity contribution in [3.05, 3.63) is 0 Å². The summed E-state index contributed by atoms with van der Waals surface area (Å²) in [4.78, 5) is 0. The molecule has 1 unspecified atom stereocenters. The number of hydrogen-bond acceptors (Lipinski definition) is 2. The first kappa shape index (κ1) is 5.66. The van der Waals surface area contributed by atoms with Crippen LogP contribution in [-0.4, -0.2) is 10.8 Å². The molecule has 2 nitrogen and oxygen atoms in total. The van der Waals surface area contributed by atoms with Crippen LogP contribution in [0, 0.1) is 0 Å². The van der Waals surface area contributed by atoms with Gasteiger partial charge in [0.2, 0.25) is 0 Å². The molecule has 0 aliphatic carbocycles. The van der Waals surface area contributed by atoms with Crippen LogP contribution in [0.3, 0.4) is 0 Å². The van der Waals surface area contributed by atoms with E-state index in [0.717, 1.165) is 0 Å². The standard InChI is InChI=1S/C2H7N2.Ag/c3-1-2-4;/h1H,2-4H2;. The summed E-state index contributed by atoms with van der Waals surface area (Å²) in [5, 5.41) is 0. The molecule has 0 aromatic heterocycles. The summed E-state index contributed by atoms with van der Waals surface area (Å²) >= 11 is 3.04. The van der Waals surface area contributed by atoms with Gasteiger partial charge in [-0.05, 0) is 0 Å². The van der Waals surface area contributed by atoms with Crippen molar-refractivity contribution in [2.24, 2.45) is 11.5 Å². The molecular weight excluding hydrogens is 160 g/mol. The van der Waals surface area contributed by atoms with Crippen LogP contribution in [0.15, 0.2) is 0 Å². The van der Waals surface area contributed by atoms with Crippen molar-refractivity contribution < 1.29 is 21.1 Å². The third kappa shape index (κ3) is 4.66. The van der Waals surface area contributed by atoms with Gasteiger partial charge in [-0.25, -0.2) is 0 Å². The molecule has 5 heavy (non-hydrogen) atoms. The predicted molar refractivity (Wildman–Crippen MR) is 17.0 cm³/mol. The Morgan fingerprint density at radius 3 is 2.00 bits per heavy atom. The van der Waals surface area contributed by atoms with Crippen LogP contribution in [0.5, 0.6) is 0 Å². The normalized spacial score (nSPS) is 15.2. The van der Waals surface area contributed by atoms with Crippen LogP contribution in [0.4, 0.5) is 0 Å². The van der Waals surface area contributed by atoms with Crippen LogP contribution in [0.1, 0.15) is 0 Å². The minimum atomic E-state index is -0.0280. The molecular formula is C2H7AgN2. The molecule has 1 atom stereocenters. The van der Waals surface area contributed by atoms with Crippen LogP contribution >= 0.6 is 0 Å². The van der Waals surface area contributed by atoms with Crippen molar-refractivity contribution >= 4 is 0 Å². The summed E-state index contributed by atoms with van der Waals surface area (Å²) < 4.78 is -0.0280. The summed E-state index contributed by atoms with van der Waals surface area (Å²) in [6, 6.07) is 0. The fourth-order valence-corrected chi connectivity index (χ4v) is 0. The molecule has 0 aromatic carbocycles. The van der Waals surface area contributed by atoms with Crippen molar-refractivity contribution in [1.82, 2.24) is 0 Å². The van der Waals surface area contributed by atoms with Gasteiger partial charge in [0.1, 0.15) is 0 Å². The van der Waals surface area contributed by atoms with Gasteiger partial charge in [-0.1, -0.05) is 0 Å². The van der Waals surface area contributed by atoms with E-state index < -0.39 is 0 Å².